The van der Waals surface area contributed by atoms with Gasteiger partial charge in [0.1, 0.15) is 12.5 Å². The molecule has 7 heteroatoms. The highest BCUT2D eigenvalue weighted by atomic mass is 35.5. The number of nitrogens with zero attached hydrogens (tertiary/aromatic N) is 1. The molecule has 28 heavy (non-hydrogen) atoms. The van der Waals surface area contributed by atoms with Gasteiger partial charge in [-0.05, 0) is 36.1 Å². The summed E-state index contributed by atoms with van der Waals surface area (Å²) in [6.07, 6.45) is 0.141. The lowest BCUT2D eigenvalue weighted by Crippen LogP contribution is -2.49. The number of halogens is 2. The predicted octanol–water partition coefficient (Wildman–Crippen LogP) is 4.24. The first-order valence-corrected chi connectivity index (χ1v) is 9.94. The van der Waals surface area contributed by atoms with Crippen molar-refractivity contribution in [3.05, 3.63) is 70.2 Å². The van der Waals surface area contributed by atoms with Crippen molar-refractivity contribution in [2.45, 2.75) is 25.5 Å². The third-order valence-corrected chi connectivity index (χ3v) is 5.67. The average molecular weight is 421 g/mol. The van der Waals surface area contributed by atoms with Crippen LogP contribution in [0.4, 0.5) is 4.79 Å². The lowest BCUT2D eigenvalue weighted by Gasteiger charge is -2.32. The molecule has 0 aliphatic carbocycles. The first kappa shape index (κ1) is 20.5. The Kier molecular flexibility index (Phi) is 6.47. The van der Waals surface area contributed by atoms with Crippen LogP contribution in [-0.4, -0.2) is 35.9 Å². The molecule has 2 aromatic carbocycles. The standard InChI is InChI=1S/C21H22Cl2N2O3/c1-15-17(8-5-9-18(15)23)21(24-19(26)12-22)10-11-25(14-21)20(27)28-13-16-6-3-2-4-7-16/h2-9H,10-14H2,1H3,(H,24,26). The maximum atomic E-state index is 12.6. The van der Waals surface area contributed by atoms with Crippen LogP contribution in [0.3, 0.4) is 0 Å². The van der Waals surface area contributed by atoms with Gasteiger partial charge in [-0.1, -0.05) is 54.1 Å². The van der Waals surface area contributed by atoms with Crippen molar-refractivity contribution in [3.8, 4) is 0 Å². The second-order valence-electron chi connectivity index (χ2n) is 6.89. The minimum absolute atomic E-state index is 0.153. The van der Waals surface area contributed by atoms with E-state index in [1.54, 1.807) is 11.0 Å². The van der Waals surface area contributed by atoms with E-state index < -0.39 is 11.6 Å². The Balaban J connectivity index is 1.78. The average Bonchev–Trinajstić information content (AvgIpc) is 3.13. The summed E-state index contributed by atoms with van der Waals surface area (Å²) in [6.45, 7) is 2.86. The van der Waals surface area contributed by atoms with Gasteiger partial charge in [0.15, 0.2) is 0 Å². The highest BCUT2D eigenvalue weighted by Crippen LogP contribution is 2.36. The first-order valence-electron chi connectivity index (χ1n) is 9.03. The quantitative estimate of drug-likeness (QED) is 0.735. The summed E-state index contributed by atoms with van der Waals surface area (Å²) in [7, 11) is 0. The molecule has 0 aromatic heterocycles. The van der Waals surface area contributed by atoms with Crippen molar-refractivity contribution < 1.29 is 14.3 Å². The van der Waals surface area contributed by atoms with Crippen molar-refractivity contribution in [2.75, 3.05) is 19.0 Å². The van der Waals surface area contributed by atoms with E-state index in [9.17, 15) is 9.59 Å². The zero-order valence-electron chi connectivity index (χ0n) is 15.6. The summed E-state index contributed by atoms with van der Waals surface area (Å²) in [6, 6.07) is 15.1. The molecule has 2 aromatic rings. The number of amides is 2. The minimum Gasteiger partial charge on any atom is -0.445 e. The third-order valence-electron chi connectivity index (χ3n) is 5.02. The van der Waals surface area contributed by atoms with Crippen LogP contribution in [0.1, 0.15) is 23.1 Å². The van der Waals surface area contributed by atoms with Crippen LogP contribution in [0.5, 0.6) is 0 Å². The number of rotatable bonds is 5. The molecule has 1 fully saturated rings. The lowest BCUT2D eigenvalue weighted by atomic mass is 9.85. The van der Waals surface area contributed by atoms with Gasteiger partial charge in [-0.15, -0.1) is 11.6 Å². The molecule has 5 nitrogen and oxygen atoms in total. The second-order valence-corrected chi connectivity index (χ2v) is 7.56. The van der Waals surface area contributed by atoms with Crippen molar-refractivity contribution >= 4 is 35.2 Å². The number of carbonyl (C=O) groups excluding carboxylic acids is 2. The van der Waals surface area contributed by atoms with Gasteiger partial charge < -0.3 is 15.0 Å². The monoisotopic (exact) mass is 420 g/mol. The number of ether oxygens (including phenoxy) is 1. The van der Waals surface area contributed by atoms with Gasteiger partial charge in [-0.3, -0.25) is 4.79 Å². The molecule has 0 saturated carbocycles. The van der Waals surface area contributed by atoms with E-state index in [2.05, 4.69) is 5.32 Å². The molecular weight excluding hydrogens is 399 g/mol. The van der Waals surface area contributed by atoms with Crippen LogP contribution >= 0.6 is 23.2 Å². The molecule has 1 aliphatic heterocycles. The van der Waals surface area contributed by atoms with Crippen molar-refractivity contribution in [1.29, 1.82) is 0 Å². The Morgan fingerprint density at radius 2 is 1.93 bits per heavy atom. The second kappa shape index (κ2) is 8.84. The molecule has 0 bridgehead atoms. The third kappa shape index (κ3) is 4.42. The highest BCUT2D eigenvalue weighted by Gasteiger charge is 2.44. The Hall–Kier alpha value is -2.24. The fourth-order valence-corrected chi connectivity index (χ4v) is 3.83. The first-order chi connectivity index (χ1) is 13.4. The molecule has 3 rings (SSSR count). The van der Waals surface area contributed by atoms with Gasteiger partial charge in [-0.25, -0.2) is 4.79 Å². The summed E-state index contributed by atoms with van der Waals surface area (Å²) in [5.74, 6) is -0.444. The van der Waals surface area contributed by atoms with E-state index in [1.165, 1.54) is 0 Å². The topological polar surface area (TPSA) is 58.6 Å². The number of benzene rings is 2. The number of hydrogen-bond acceptors (Lipinski definition) is 3. The molecule has 1 N–H and O–H groups in total. The largest absolute Gasteiger partial charge is 0.445 e. The van der Waals surface area contributed by atoms with E-state index in [-0.39, 0.29) is 18.4 Å². The van der Waals surface area contributed by atoms with E-state index in [1.807, 2.05) is 49.4 Å². The highest BCUT2D eigenvalue weighted by molar-refractivity contribution is 6.31. The zero-order valence-corrected chi connectivity index (χ0v) is 17.1. The van der Waals surface area contributed by atoms with Crippen molar-refractivity contribution in [3.63, 3.8) is 0 Å². The number of nitrogens with one attached hydrogen (secondary N) is 1. The Labute approximate surface area is 174 Å². The molecule has 1 atom stereocenters. The molecular formula is C21H22Cl2N2O3. The maximum absolute atomic E-state index is 12.6. The molecule has 1 aliphatic rings. The lowest BCUT2D eigenvalue weighted by molar-refractivity contribution is -0.120. The summed E-state index contributed by atoms with van der Waals surface area (Å²) in [5, 5.41) is 3.62. The van der Waals surface area contributed by atoms with Gasteiger partial charge in [0, 0.05) is 11.6 Å². The fourth-order valence-electron chi connectivity index (χ4n) is 3.59. The Morgan fingerprint density at radius 1 is 1.18 bits per heavy atom. The van der Waals surface area contributed by atoms with E-state index in [0.29, 0.717) is 24.5 Å². The smallest absolute Gasteiger partial charge is 0.410 e. The summed E-state index contributed by atoms with van der Waals surface area (Å²) < 4.78 is 5.45. The maximum Gasteiger partial charge on any atom is 0.410 e. The molecule has 0 spiro atoms. The van der Waals surface area contributed by atoms with Gasteiger partial charge in [-0.2, -0.15) is 0 Å². The van der Waals surface area contributed by atoms with E-state index in [0.717, 1.165) is 16.7 Å². The molecule has 148 valence electrons. The Morgan fingerprint density at radius 3 is 2.64 bits per heavy atom. The molecule has 1 heterocycles. The van der Waals surface area contributed by atoms with E-state index >= 15 is 0 Å². The van der Waals surface area contributed by atoms with E-state index in [4.69, 9.17) is 27.9 Å². The van der Waals surface area contributed by atoms with Crippen LogP contribution in [0.15, 0.2) is 48.5 Å². The summed E-state index contributed by atoms with van der Waals surface area (Å²) in [5.41, 5.74) is 1.94. The van der Waals surface area contributed by atoms with Crippen LogP contribution < -0.4 is 5.32 Å². The zero-order chi connectivity index (χ0) is 20.1. The molecule has 1 unspecified atom stereocenters. The van der Waals surface area contributed by atoms with Gasteiger partial charge in [0.2, 0.25) is 5.91 Å². The normalized spacial score (nSPS) is 18.8. The van der Waals surface area contributed by atoms with Crippen LogP contribution in [0.2, 0.25) is 5.02 Å². The minimum atomic E-state index is -0.743. The van der Waals surface area contributed by atoms with Gasteiger partial charge in [0.25, 0.3) is 0 Å². The number of carbonyl (C=O) groups is 2. The van der Waals surface area contributed by atoms with Crippen molar-refractivity contribution in [1.82, 2.24) is 10.2 Å². The van der Waals surface area contributed by atoms with Gasteiger partial charge in [0.05, 0.1) is 12.1 Å². The summed E-state index contributed by atoms with van der Waals surface area (Å²) >= 11 is 12.0. The van der Waals surface area contributed by atoms with Crippen molar-refractivity contribution in [2.24, 2.45) is 0 Å². The van der Waals surface area contributed by atoms with Crippen LogP contribution in [0, 0.1) is 6.92 Å². The van der Waals surface area contributed by atoms with Crippen LogP contribution in [-0.2, 0) is 21.7 Å². The number of alkyl halides is 1. The fraction of sp³-hybridized carbons (Fsp3) is 0.333. The van der Waals surface area contributed by atoms with Crippen LogP contribution in [0.25, 0.3) is 0 Å². The summed E-state index contributed by atoms with van der Waals surface area (Å²) in [4.78, 5) is 26.3. The molecule has 1 saturated heterocycles. The molecule has 2 amide bonds. The molecule has 0 radical (unpaired) electrons. The van der Waals surface area contributed by atoms with Gasteiger partial charge >= 0.3 is 6.09 Å². The SMILES string of the molecule is Cc1c(Cl)cccc1C1(NC(=O)CCl)CCN(C(=O)OCc2ccccc2)C1. The Bertz CT molecular complexity index is 860. The predicted molar refractivity (Wildman–Crippen MR) is 110 cm³/mol. The number of hydrogen-bond donors (Lipinski definition) is 1. The number of likely N-dealkylation sites (tertiary alicyclic amines) is 1.